The zero-order valence-electron chi connectivity index (χ0n) is 16.7. The van der Waals surface area contributed by atoms with Gasteiger partial charge in [0.05, 0.1) is 18.0 Å². The highest BCUT2D eigenvalue weighted by molar-refractivity contribution is 7.99. The molecule has 3 aromatic rings. The summed E-state index contributed by atoms with van der Waals surface area (Å²) in [5.74, 6) is -0.374. The average Bonchev–Trinajstić information content (AvgIpc) is 2.77. The van der Waals surface area contributed by atoms with E-state index in [0.717, 1.165) is 11.8 Å². The number of thioether (sulfide) groups is 1. The number of rotatable bonds is 8. The standard InChI is InChI=1S/C21H21N5O4S/c1-2-30-15-11-7-6-10-14(15)23-16(27)12-31-21-25-18(22)17(20(29)26-21)24-19(28)13-8-4-3-5-9-13/h3-11H,2,12H2,1H3,(H,23,27)(H,24,28)(H3,22,25,26,29). The Balaban J connectivity index is 1.63. The van der Waals surface area contributed by atoms with Gasteiger partial charge in [0.2, 0.25) is 5.91 Å². The highest BCUT2D eigenvalue weighted by Crippen LogP contribution is 2.24. The first-order chi connectivity index (χ1) is 15.0. The van der Waals surface area contributed by atoms with Crippen molar-refractivity contribution in [1.82, 2.24) is 9.97 Å². The zero-order chi connectivity index (χ0) is 22.2. The number of H-pyrrole nitrogens is 1. The monoisotopic (exact) mass is 439 g/mol. The summed E-state index contributed by atoms with van der Waals surface area (Å²) in [5, 5.41) is 5.38. The number of carbonyl (C=O) groups is 2. The van der Waals surface area contributed by atoms with E-state index in [4.69, 9.17) is 10.5 Å². The van der Waals surface area contributed by atoms with Gasteiger partial charge in [-0.05, 0) is 31.2 Å². The van der Waals surface area contributed by atoms with Crippen molar-refractivity contribution < 1.29 is 14.3 Å². The van der Waals surface area contributed by atoms with Crippen LogP contribution in [0, 0.1) is 0 Å². The largest absolute Gasteiger partial charge is 0.492 e. The summed E-state index contributed by atoms with van der Waals surface area (Å²) in [7, 11) is 0. The number of nitrogen functional groups attached to an aromatic ring is 1. The van der Waals surface area contributed by atoms with Gasteiger partial charge >= 0.3 is 0 Å². The first-order valence-electron chi connectivity index (χ1n) is 9.38. The second-order valence-corrected chi connectivity index (χ2v) is 7.18. The molecule has 31 heavy (non-hydrogen) atoms. The molecular weight excluding hydrogens is 418 g/mol. The van der Waals surface area contributed by atoms with Crippen LogP contribution in [0.4, 0.5) is 17.2 Å². The third kappa shape index (κ3) is 5.86. The van der Waals surface area contributed by atoms with Gasteiger partial charge < -0.3 is 21.1 Å². The van der Waals surface area contributed by atoms with Gasteiger partial charge in [0.15, 0.2) is 11.0 Å². The third-order valence-electron chi connectivity index (χ3n) is 4.00. The molecular formula is C21H21N5O4S. The Morgan fingerprint density at radius 2 is 1.81 bits per heavy atom. The average molecular weight is 439 g/mol. The predicted molar refractivity (Wildman–Crippen MR) is 121 cm³/mol. The number of hydrogen-bond donors (Lipinski definition) is 4. The van der Waals surface area contributed by atoms with E-state index >= 15 is 0 Å². The van der Waals surface area contributed by atoms with E-state index in [9.17, 15) is 14.4 Å². The van der Waals surface area contributed by atoms with Crippen molar-refractivity contribution in [3.8, 4) is 5.75 Å². The number of aromatic amines is 1. The van der Waals surface area contributed by atoms with Gasteiger partial charge in [-0.3, -0.25) is 19.4 Å². The molecule has 0 fully saturated rings. The summed E-state index contributed by atoms with van der Waals surface area (Å²) < 4.78 is 5.48. The lowest BCUT2D eigenvalue weighted by Gasteiger charge is -2.11. The molecule has 0 radical (unpaired) electrons. The number of nitrogens with one attached hydrogen (secondary N) is 3. The maximum Gasteiger partial charge on any atom is 0.277 e. The van der Waals surface area contributed by atoms with Crippen LogP contribution in [-0.4, -0.2) is 34.1 Å². The number of carbonyl (C=O) groups excluding carboxylic acids is 2. The molecule has 0 atom stereocenters. The van der Waals surface area contributed by atoms with Crippen LogP contribution in [0.1, 0.15) is 17.3 Å². The molecule has 0 bridgehead atoms. The summed E-state index contributed by atoms with van der Waals surface area (Å²) in [6, 6.07) is 15.5. The van der Waals surface area contributed by atoms with E-state index in [0.29, 0.717) is 23.6 Å². The van der Waals surface area contributed by atoms with Gasteiger partial charge in [-0.15, -0.1) is 0 Å². The fourth-order valence-electron chi connectivity index (χ4n) is 2.61. The van der Waals surface area contributed by atoms with Crippen molar-refractivity contribution in [3.05, 3.63) is 70.5 Å². The topological polar surface area (TPSA) is 139 Å². The SMILES string of the molecule is CCOc1ccccc1NC(=O)CSc1nc(N)c(NC(=O)c2ccccc2)c(=O)[nH]1. The number of aromatic nitrogens is 2. The van der Waals surface area contributed by atoms with Crippen molar-refractivity contribution in [2.75, 3.05) is 28.7 Å². The van der Waals surface area contributed by atoms with Crippen LogP contribution in [-0.2, 0) is 4.79 Å². The van der Waals surface area contributed by atoms with Crippen LogP contribution in [0.5, 0.6) is 5.75 Å². The van der Waals surface area contributed by atoms with E-state index in [1.54, 1.807) is 48.5 Å². The molecule has 9 nitrogen and oxygen atoms in total. The quantitative estimate of drug-likeness (QED) is 0.313. The van der Waals surface area contributed by atoms with Gasteiger partial charge in [0.25, 0.3) is 11.5 Å². The summed E-state index contributed by atoms with van der Waals surface area (Å²) in [6.07, 6.45) is 0. The van der Waals surface area contributed by atoms with E-state index in [-0.39, 0.29) is 28.3 Å². The number of nitrogens with zero attached hydrogens (tertiary/aromatic N) is 1. The second kappa shape index (κ2) is 10.3. The minimum absolute atomic E-state index is 0.0153. The van der Waals surface area contributed by atoms with Crippen molar-refractivity contribution in [2.45, 2.75) is 12.1 Å². The molecule has 0 spiro atoms. The Morgan fingerprint density at radius 3 is 2.52 bits per heavy atom. The highest BCUT2D eigenvalue weighted by Gasteiger charge is 2.15. The molecule has 0 aliphatic heterocycles. The lowest BCUT2D eigenvalue weighted by atomic mass is 10.2. The number of para-hydroxylation sites is 2. The molecule has 160 valence electrons. The Hall–Kier alpha value is -3.79. The molecule has 0 saturated heterocycles. The second-order valence-electron chi connectivity index (χ2n) is 6.22. The Kier molecular flexibility index (Phi) is 7.28. The lowest BCUT2D eigenvalue weighted by molar-refractivity contribution is -0.113. The van der Waals surface area contributed by atoms with E-state index < -0.39 is 11.5 Å². The minimum atomic E-state index is -0.610. The summed E-state index contributed by atoms with van der Waals surface area (Å²) in [6.45, 7) is 2.33. The number of nitrogens with two attached hydrogens (primary N) is 1. The number of amides is 2. The number of hydrogen-bond acceptors (Lipinski definition) is 7. The third-order valence-corrected chi connectivity index (χ3v) is 4.87. The Morgan fingerprint density at radius 1 is 1.10 bits per heavy atom. The zero-order valence-corrected chi connectivity index (χ0v) is 17.5. The smallest absolute Gasteiger partial charge is 0.277 e. The Bertz CT molecular complexity index is 1130. The summed E-state index contributed by atoms with van der Waals surface area (Å²) >= 11 is 1.01. The molecule has 0 unspecified atom stereocenters. The van der Waals surface area contributed by atoms with E-state index in [2.05, 4.69) is 20.6 Å². The van der Waals surface area contributed by atoms with Crippen LogP contribution in [0.3, 0.4) is 0 Å². The molecule has 0 aliphatic carbocycles. The maximum absolute atomic E-state index is 12.4. The molecule has 1 aromatic heterocycles. The van der Waals surface area contributed by atoms with Gasteiger partial charge in [-0.2, -0.15) is 0 Å². The van der Waals surface area contributed by atoms with Gasteiger partial charge in [0.1, 0.15) is 11.4 Å². The van der Waals surface area contributed by atoms with Crippen molar-refractivity contribution >= 4 is 40.8 Å². The van der Waals surface area contributed by atoms with Crippen LogP contribution in [0.25, 0.3) is 0 Å². The molecule has 0 saturated carbocycles. The lowest BCUT2D eigenvalue weighted by Crippen LogP contribution is -2.23. The number of ether oxygens (including phenoxy) is 1. The highest BCUT2D eigenvalue weighted by atomic mass is 32.2. The summed E-state index contributed by atoms with van der Waals surface area (Å²) in [4.78, 5) is 43.5. The van der Waals surface area contributed by atoms with Crippen molar-refractivity contribution in [1.29, 1.82) is 0 Å². The van der Waals surface area contributed by atoms with Crippen molar-refractivity contribution in [2.24, 2.45) is 0 Å². The molecule has 5 N–H and O–H groups in total. The van der Waals surface area contributed by atoms with Crippen LogP contribution < -0.4 is 26.7 Å². The molecule has 3 rings (SSSR count). The van der Waals surface area contributed by atoms with Gasteiger partial charge in [-0.25, -0.2) is 4.98 Å². The molecule has 1 heterocycles. The van der Waals surface area contributed by atoms with E-state index in [1.165, 1.54) is 0 Å². The molecule has 10 heteroatoms. The van der Waals surface area contributed by atoms with E-state index in [1.807, 2.05) is 13.0 Å². The predicted octanol–water partition coefficient (Wildman–Crippen LogP) is 2.73. The first kappa shape index (κ1) is 21.9. The molecule has 2 aromatic carbocycles. The van der Waals surface area contributed by atoms with Gasteiger partial charge in [0, 0.05) is 5.56 Å². The summed E-state index contributed by atoms with van der Waals surface area (Å²) in [5.41, 5.74) is 6.03. The van der Waals surface area contributed by atoms with Crippen LogP contribution >= 0.6 is 11.8 Å². The minimum Gasteiger partial charge on any atom is -0.492 e. The normalized spacial score (nSPS) is 10.4. The number of benzene rings is 2. The van der Waals surface area contributed by atoms with Gasteiger partial charge in [-0.1, -0.05) is 42.1 Å². The molecule has 2 amide bonds. The van der Waals surface area contributed by atoms with Crippen LogP contribution in [0.2, 0.25) is 0 Å². The number of anilines is 3. The Labute approximate surface area is 182 Å². The fraction of sp³-hybridized carbons (Fsp3) is 0.143. The first-order valence-corrected chi connectivity index (χ1v) is 10.4. The molecule has 0 aliphatic rings. The maximum atomic E-state index is 12.4. The van der Waals surface area contributed by atoms with Crippen molar-refractivity contribution in [3.63, 3.8) is 0 Å². The fourth-order valence-corrected chi connectivity index (χ4v) is 3.27. The van der Waals surface area contributed by atoms with Crippen LogP contribution in [0.15, 0.2) is 64.5 Å².